The van der Waals surface area contributed by atoms with Gasteiger partial charge < -0.3 is 39.4 Å². The second kappa shape index (κ2) is 38.5. The molecule has 0 aromatic heterocycles. The van der Waals surface area contributed by atoms with Crippen LogP contribution in [0, 0.1) is 0 Å². The van der Waals surface area contributed by atoms with Crippen LogP contribution in [0.5, 0.6) is 0 Å². The van der Waals surface area contributed by atoms with E-state index in [1.165, 1.54) is 186 Å². The van der Waals surface area contributed by atoms with Crippen LogP contribution < -0.4 is 0 Å². The first kappa shape index (κ1) is 50.7. The van der Waals surface area contributed by atoms with Crippen LogP contribution in [0.1, 0.15) is 219 Å². The zero-order chi connectivity index (χ0) is 38.5. The normalized spacial score (nSPS) is 21.1. The minimum Gasteiger partial charge on any atom is -0.394 e. The molecule has 0 radical (unpaired) electrons. The smallest absolute Gasteiger partial charge is 0.186 e. The molecule has 1 aliphatic heterocycles. The van der Waals surface area contributed by atoms with Crippen LogP contribution in [0.15, 0.2) is 0 Å². The lowest BCUT2D eigenvalue weighted by Gasteiger charge is -2.39. The zero-order valence-electron chi connectivity index (χ0n) is 35.0. The third-order valence-corrected chi connectivity index (χ3v) is 11.1. The number of ether oxygens (including phenoxy) is 4. The number of rotatable bonds is 41. The predicted octanol–water partition coefficient (Wildman–Crippen LogP) is 10.7. The Morgan fingerprint density at radius 2 is 0.792 bits per heavy atom. The summed E-state index contributed by atoms with van der Waals surface area (Å²) in [5.41, 5.74) is 0. The molecule has 1 fully saturated rings. The highest BCUT2D eigenvalue weighted by molar-refractivity contribution is 4.89. The van der Waals surface area contributed by atoms with E-state index < -0.39 is 37.3 Å². The fraction of sp³-hybridized carbons (Fsp3) is 1.00. The van der Waals surface area contributed by atoms with Gasteiger partial charge in [0.25, 0.3) is 0 Å². The fourth-order valence-electron chi connectivity index (χ4n) is 7.42. The second-order valence-electron chi connectivity index (χ2n) is 16.2. The summed E-state index contributed by atoms with van der Waals surface area (Å²) in [6.45, 7) is 5.88. The third kappa shape index (κ3) is 29.6. The molecule has 0 spiro atoms. The van der Waals surface area contributed by atoms with Crippen molar-refractivity contribution in [2.24, 2.45) is 0 Å². The lowest BCUT2D eigenvalue weighted by molar-refractivity contribution is -0.306. The molecule has 318 valence electrons. The molecule has 1 unspecified atom stereocenters. The quantitative estimate of drug-likeness (QED) is 0.0455. The molecule has 1 rings (SSSR count). The van der Waals surface area contributed by atoms with Gasteiger partial charge in [-0.3, -0.25) is 0 Å². The van der Waals surface area contributed by atoms with E-state index in [-0.39, 0.29) is 12.7 Å². The molecule has 0 saturated carbocycles. The van der Waals surface area contributed by atoms with Crippen LogP contribution in [0.25, 0.3) is 0 Å². The molecular weight excluding hydrogens is 668 g/mol. The molecule has 0 aliphatic carbocycles. The van der Waals surface area contributed by atoms with Gasteiger partial charge in [-0.15, -0.1) is 0 Å². The minimum atomic E-state index is -1.46. The summed E-state index contributed by atoms with van der Waals surface area (Å²) in [5, 5.41) is 40.1. The summed E-state index contributed by atoms with van der Waals surface area (Å²) in [6.07, 6.45) is 35.9. The van der Waals surface area contributed by atoms with Gasteiger partial charge >= 0.3 is 0 Å². The van der Waals surface area contributed by atoms with Crippen molar-refractivity contribution in [2.45, 2.75) is 256 Å². The van der Waals surface area contributed by atoms with E-state index in [1.54, 1.807) is 0 Å². The largest absolute Gasteiger partial charge is 0.394 e. The number of aliphatic hydroxyl groups is 4. The van der Waals surface area contributed by atoms with E-state index in [0.717, 1.165) is 19.3 Å². The molecule has 1 heterocycles. The molecule has 0 aromatic rings. The van der Waals surface area contributed by atoms with Crippen LogP contribution in [0.2, 0.25) is 0 Å². The van der Waals surface area contributed by atoms with Gasteiger partial charge in [0.05, 0.1) is 19.8 Å². The number of hydrogen-bond acceptors (Lipinski definition) is 8. The van der Waals surface area contributed by atoms with Crippen LogP contribution in [-0.4, -0.2) is 90.3 Å². The first-order valence-corrected chi connectivity index (χ1v) is 23.2. The van der Waals surface area contributed by atoms with E-state index >= 15 is 0 Å². The van der Waals surface area contributed by atoms with E-state index in [2.05, 4.69) is 13.8 Å². The van der Waals surface area contributed by atoms with Crippen LogP contribution in [0.3, 0.4) is 0 Å². The Morgan fingerprint density at radius 1 is 0.434 bits per heavy atom. The van der Waals surface area contributed by atoms with Gasteiger partial charge in [-0.1, -0.05) is 206 Å². The Morgan fingerprint density at radius 3 is 1.17 bits per heavy atom. The summed E-state index contributed by atoms with van der Waals surface area (Å²) in [6, 6.07) is 0. The fourth-order valence-corrected chi connectivity index (χ4v) is 7.42. The van der Waals surface area contributed by atoms with E-state index in [4.69, 9.17) is 18.9 Å². The van der Waals surface area contributed by atoms with Gasteiger partial charge in [-0.05, 0) is 12.8 Å². The lowest BCUT2D eigenvalue weighted by Crippen LogP contribution is -2.59. The molecule has 8 heteroatoms. The van der Waals surface area contributed by atoms with Crippen LogP contribution in [-0.2, 0) is 18.9 Å². The molecular formula is C45H90O8. The van der Waals surface area contributed by atoms with Gasteiger partial charge in [0, 0.05) is 13.2 Å². The topological polar surface area (TPSA) is 118 Å². The number of aliphatic hydroxyl groups excluding tert-OH is 4. The summed E-state index contributed by atoms with van der Waals surface area (Å²) in [7, 11) is 0. The lowest BCUT2D eigenvalue weighted by atomic mass is 9.99. The SMILES string of the molecule is CCCCCCCCCCCCCCCCCCOCC(CO[C@@H]1O[C@H](CO)[C@@H](O)[C@H](O)[C@H]1O)OCCCCCCCCCCCCCCCCCC. The first-order valence-electron chi connectivity index (χ1n) is 23.2. The predicted molar refractivity (Wildman–Crippen MR) is 219 cm³/mol. The van der Waals surface area contributed by atoms with E-state index in [9.17, 15) is 20.4 Å². The molecule has 6 atom stereocenters. The summed E-state index contributed by atoms with van der Waals surface area (Å²) in [4.78, 5) is 0. The zero-order valence-corrected chi connectivity index (χ0v) is 35.0. The van der Waals surface area contributed by atoms with Crippen molar-refractivity contribution < 1.29 is 39.4 Å². The van der Waals surface area contributed by atoms with Crippen molar-refractivity contribution in [1.29, 1.82) is 0 Å². The maximum Gasteiger partial charge on any atom is 0.186 e. The monoisotopic (exact) mass is 759 g/mol. The number of unbranched alkanes of at least 4 members (excludes halogenated alkanes) is 30. The maximum absolute atomic E-state index is 10.4. The average Bonchev–Trinajstić information content (AvgIpc) is 3.17. The van der Waals surface area contributed by atoms with Crippen LogP contribution >= 0.6 is 0 Å². The van der Waals surface area contributed by atoms with Gasteiger partial charge in [0.15, 0.2) is 6.29 Å². The highest BCUT2D eigenvalue weighted by atomic mass is 16.7. The van der Waals surface area contributed by atoms with Crippen molar-refractivity contribution in [3.63, 3.8) is 0 Å². The molecule has 0 aromatic carbocycles. The molecule has 0 amide bonds. The van der Waals surface area contributed by atoms with Crippen LogP contribution in [0.4, 0.5) is 0 Å². The molecule has 1 saturated heterocycles. The van der Waals surface area contributed by atoms with E-state index in [1.807, 2.05) is 0 Å². The van der Waals surface area contributed by atoms with Gasteiger partial charge in [-0.25, -0.2) is 0 Å². The van der Waals surface area contributed by atoms with E-state index in [0.29, 0.717) is 19.8 Å². The Balaban J connectivity index is 2.17. The van der Waals surface area contributed by atoms with Crippen molar-refractivity contribution in [3.8, 4) is 0 Å². The van der Waals surface area contributed by atoms with Crippen molar-refractivity contribution in [1.82, 2.24) is 0 Å². The average molecular weight is 759 g/mol. The maximum atomic E-state index is 10.4. The summed E-state index contributed by atoms with van der Waals surface area (Å²) in [5.74, 6) is 0. The molecule has 1 aliphatic rings. The van der Waals surface area contributed by atoms with Gasteiger partial charge in [-0.2, -0.15) is 0 Å². The van der Waals surface area contributed by atoms with Crippen molar-refractivity contribution in [3.05, 3.63) is 0 Å². The Kier molecular flexibility index (Phi) is 36.9. The Hall–Kier alpha value is -0.320. The Labute approximate surface area is 327 Å². The first-order chi connectivity index (χ1) is 26.0. The standard InChI is InChI=1S/C45H90O8/c1-3-5-7-9-11-13-15-17-19-21-23-25-27-29-31-33-35-50-38-40(39-52-45-44(49)43(48)42(47)41(37-46)53-45)51-36-34-32-30-28-26-24-22-20-18-16-14-12-10-8-6-4-2/h40-49H,3-39H2,1-2H3/t40?,41-,42-,43+,44-,45-/m1/s1. The van der Waals surface area contributed by atoms with Crippen molar-refractivity contribution >= 4 is 0 Å². The molecule has 53 heavy (non-hydrogen) atoms. The van der Waals surface area contributed by atoms with Gasteiger partial charge in [0.1, 0.15) is 30.5 Å². The highest BCUT2D eigenvalue weighted by Gasteiger charge is 2.44. The summed E-state index contributed by atoms with van der Waals surface area (Å²) < 4.78 is 23.5. The van der Waals surface area contributed by atoms with Gasteiger partial charge in [0.2, 0.25) is 0 Å². The molecule has 8 nitrogen and oxygen atoms in total. The summed E-state index contributed by atoms with van der Waals surface area (Å²) >= 11 is 0. The Bertz CT molecular complexity index is 725. The highest BCUT2D eigenvalue weighted by Crippen LogP contribution is 2.23. The molecule has 4 N–H and O–H groups in total. The third-order valence-electron chi connectivity index (χ3n) is 11.1. The minimum absolute atomic E-state index is 0.126. The number of hydrogen-bond donors (Lipinski definition) is 4. The molecule has 0 bridgehead atoms. The second-order valence-corrected chi connectivity index (χ2v) is 16.2. The van der Waals surface area contributed by atoms with Crippen molar-refractivity contribution in [2.75, 3.05) is 33.0 Å².